The molecule has 0 radical (unpaired) electrons. The van der Waals surface area contributed by atoms with Crippen molar-refractivity contribution < 1.29 is 22.4 Å². The maximum absolute atomic E-state index is 12.7. The smallest absolute Gasteiger partial charge is 0.436 e. The van der Waals surface area contributed by atoms with Crippen LogP contribution in [0.3, 0.4) is 0 Å². The first-order chi connectivity index (χ1) is 13.8. The van der Waals surface area contributed by atoms with Gasteiger partial charge in [0, 0.05) is 43.9 Å². The van der Waals surface area contributed by atoms with Gasteiger partial charge in [-0.3, -0.25) is 5.10 Å². The number of aromatic amines is 1. The van der Waals surface area contributed by atoms with Crippen LogP contribution in [0, 0.1) is 11.3 Å². The maximum atomic E-state index is 12.7. The fraction of sp³-hybridized carbons (Fsp3) is 0.667. The standard InChI is InChI=1S/C18H21F3N6O2/c19-18(20,21)13-7-29-14(24-13)3-11-4-17(5-11)8-27(9-17)16(28)26-2-1-12(6-26)15-22-10-23-25-15/h7,10-12H,1-6,8-9H2,(H,22,23,25)/t12-/m0/s1. The molecule has 3 fully saturated rings. The van der Waals surface area contributed by atoms with Crippen LogP contribution in [0.25, 0.3) is 0 Å². The number of nitrogens with zero attached hydrogens (tertiary/aromatic N) is 5. The number of urea groups is 1. The summed E-state index contributed by atoms with van der Waals surface area (Å²) in [5, 5.41) is 6.74. The van der Waals surface area contributed by atoms with Crippen LogP contribution in [0.1, 0.15) is 42.6 Å². The molecule has 2 amide bonds. The lowest BCUT2D eigenvalue weighted by Gasteiger charge is -2.59. The van der Waals surface area contributed by atoms with Crippen LogP contribution in [-0.4, -0.2) is 62.2 Å². The van der Waals surface area contributed by atoms with Gasteiger partial charge < -0.3 is 14.2 Å². The number of nitrogens with one attached hydrogen (secondary N) is 1. The molecule has 2 aromatic rings. The van der Waals surface area contributed by atoms with Crippen molar-refractivity contribution in [2.24, 2.45) is 11.3 Å². The molecule has 2 saturated heterocycles. The number of amides is 2. The second-order valence-corrected chi connectivity index (χ2v) is 8.54. The predicted molar refractivity (Wildman–Crippen MR) is 92.6 cm³/mol. The Morgan fingerprint density at radius 2 is 2.10 bits per heavy atom. The van der Waals surface area contributed by atoms with E-state index in [0.717, 1.165) is 25.1 Å². The molecule has 8 nitrogen and oxygen atoms in total. The van der Waals surface area contributed by atoms with Crippen LogP contribution in [0.2, 0.25) is 0 Å². The zero-order valence-corrected chi connectivity index (χ0v) is 15.7. The molecule has 0 unspecified atom stereocenters. The molecular formula is C18H21F3N6O2. The third-order valence-corrected chi connectivity index (χ3v) is 6.35. The minimum Gasteiger partial charge on any atom is -0.448 e. The molecule has 2 aliphatic heterocycles. The lowest BCUT2D eigenvalue weighted by molar-refractivity contribution is -0.141. The van der Waals surface area contributed by atoms with Crippen molar-refractivity contribution in [1.82, 2.24) is 30.0 Å². The summed E-state index contributed by atoms with van der Waals surface area (Å²) in [4.78, 5) is 24.2. The monoisotopic (exact) mass is 410 g/mol. The highest BCUT2D eigenvalue weighted by atomic mass is 19.4. The van der Waals surface area contributed by atoms with Crippen LogP contribution in [0.4, 0.5) is 18.0 Å². The Morgan fingerprint density at radius 3 is 2.76 bits per heavy atom. The summed E-state index contributed by atoms with van der Waals surface area (Å²) in [6, 6.07) is 0.0589. The summed E-state index contributed by atoms with van der Waals surface area (Å²) >= 11 is 0. The number of hydrogen-bond acceptors (Lipinski definition) is 5. The number of halogens is 3. The van der Waals surface area contributed by atoms with Gasteiger partial charge in [-0.25, -0.2) is 14.8 Å². The van der Waals surface area contributed by atoms with Gasteiger partial charge in [-0.1, -0.05) is 0 Å². The van der Waals surface area contributed by atoms with Gasteiger partial charge in [-0.2, -0.15) is 18.3 Å². The van der Waals surface area contributed by atoms with Crippen molar-refractivity contribution in [2.45, 2.75) is 37.8 Å². The molecule has 0 aromatic carbocycles. The molecule has 2 aromatic heterocycles. The first kappa shape index (κ1) is 18.4. The van der Waals surface area contributed by atoms with Crippen molar-refractivity contribution in [3.8, 4) is 0 Å². The molecule has 0 bridgehead atoms. The molecule has 1 aliphatic carbocycles. The number of oxazole rings is 1. The van der Waals surface area contributed by atoms with Crippen molar-refractivity contribution in [2.75, 3.05) is 26.2 Å². The van der Waals surface area contributed by atoms with Gasteiger partial charge in [0.25, 0.3) is 0 Å². The Hall–Kier alpha value is -2.59. The molecule has 156 valence electrons. The van der Waals surface area contributed by atoms with Gasteiger partial charge in [-0.15, -0.1) is 0 Å². The normalized spacial score (nSPS) is 24.0. The van der Waals surface area contributed by atoms with E-state index < -0.39 is 11.9 Å². The van der Waals surface area contributed by atoms with Crippen LogP contribution in [0.5, 0.6) is 0 Å². The Morgan fingerprint density at radius 1 is 1.31 bits per heavy atom. The Labute approximate surface area is 164 Å². The number of aromatic nitrogens is 4. The summed E-state index contributed by atoms with van der Waals surface area (Å²) in [5.41, 5.74) is -0.861. The average molecular weight is 410 g/mol. The topological polar surface area (TPSA) is 91.2 Å². The molecule has 11 heteroatoms. The number of carbonyl (C=O) groups excluding carboxylic acids is 1. The average Bonchev–Trinajstić information content (AvgIpc) is 3.35. The SMILES string of the molecule is O=C(N1CC[C@H](c2ncn[nH]2)C1)N1CC2(CC(Cc3nc(C(F)(F)F)co3)C2)C1. The summed E-state index contributed by atoms with van der Waals surface area (Å²) in [6.07, 6.45) is 0.750. The Bertz CT molecular complexity index is 882. The molecule has 1 spiro atoms. The lowest BCUT2D eigenvalue weighted by Crippen LogP contribution is -2.65. The van der Waals surface area contributed by atoms with E-state index in [4.69, 9.17) is 4.42 Å². The van der Waals surface area contributed by atoms with Crippen LogP contribution in [0.15, 0.2) is 17.0 Å². The number of likely N-dealkylation sites (tertiary alicyclic amines) is 2. The minimum atomic E-state index is -4.47. The van der Waals surface area contributed by atoms with E-state index in [1.807, 2.05) is 9.80 Å². The molecule has 29 heavy (non-hydrogen) atoms. The van der Waals surface area contributed by atoms with Gasteiger partial charge in [0.2, 0.25) is 0 Å². The third-order valence-electron chi connectivity index (χ3n) is 6.35. The van der Waals surface area contributed by atoms with Crippen molar-refractivity contribution in [3.63, 3.8) is 0 Å². The van der Waals surface area contributed by atoms with Crippen LogP contribution >= 0.6 is 0 Å². The zero-order valence-electron chi connectivity index (χ0n) is 15.7. The highest BCUT2D eigenvalue weighted by Crippen LogP contribution is 2.53. The third kappa shape index (κ3) is 3.36. The lowest BCUT2D eigenvalue weighted by atomic mass is 9.57. The highest BCUT2D eigenvalue weighted by Gasteiger charge is 2.54. The molecule has 1 saturated carbocycles. The summed E-state index contributed by atoms with van der Waals surface area (Å²) in [7, 11) is 0. The quantitative estimate of drug-likeness (QED) is 0.840. The van der Waals surface area contributed by atoms with Gasteiger partial charge in [0.1, 0.15) is 18.4 Å². The fourth-order valence-corrected chi connectivity index (χ4v) is 5.02. The first-order valence-electron chi connectivity index (χ1n) is 9.72. The van der Waals surface area contributed by atoms with E-state index in [-0.39, 0.29) is 29.2 Å². The van der Waals surface area contributed by atoms with E-state index in [1.54, 1.807) is 0 Å². The second kappa shape index (κ2) is 6.46. The van der Waals surface area contributed by atoms with Gasteiger partial charge in [0.05, 0.1) is 0 Å². The molecule has 3 aliphatic rings. The Balaban J connectivity index is 1.08. The molecule has 4 heterocycles. The number of alkyl halides is 3. The molecule has 1 N–H and O–H groups in total. The molecule has 1 atom stereocenters. The number of carbonyl (C=O) groups is 1. The fourth-order valence-electron chi connectivity index (χ4n) is 5.02. The number of rotatable bonds is 3. The van der Waals surface area contributed by atoms with E-state index in [9.17, 15) is 18.0 Å². The van der Waals surface area contributed by atoms with Crippen molar-refractivity contribution in [3.05, 3.63) is 30.0 Å². The van der Waals surface area contributed by atoms with Crippen LogP contribution < -0.4 is 0 Å². The highest BCUT2D eigenvalue weighted by molar-refractivity contribution is 5.76. The summed E-state index contributed by atoms with van der Waals surface area (Å²) in [6.45, 7) is 2.78. The second-order valence-electron chi connectivity index (χ2n) is 8.54. The maximum Gasteiger partial charge on any atom is 0.436 e. The van der Waals surface area contributed by atoms with Gasteiger partial charge >= 0.3 is 12.2 Å². The zero-order chi connectivity index (χ0) is 20.2. The van der Waals surface area contributed by atoms with Gasteiger partial charge in [0.15, 0.2) is 11.6 Å². The first-order valence-corrected chi connectivity index (χ1v) is 9.72. The van der Waals surface area contributed by atoms with E-state index in [0.29, 0.717) is 38.9 Å². The Kier molecular flexibility index (Phi) is 4.11. The molecular weight excluding hydrogens is 389 g/mol. The van der Waals surface area contributed by atoms with Crippen molar-refractivity contribution in [1.29, 1.82) is 0 Å². The van der Waals surface area contributed by atoms with Gasteiger partial charge in [-0.05, 0) is 25.2 Å². The van der Waals surface area contributed by atoms with E-state index in [1.165, 1.54) is 6.33 Å². The summed E-state index contributed by atoms with van der Waals surface area (Å²) in [5.74, 6) is 1.42. The number of hydrogen-bond donors (Lipinski definition) is 1. The van der Waals surface area contributed by atoms with E-state index >= 15 is 0 Å². The largest absolute Gasteiger partial charge is 0.448 e. The van der Waals surface area contributed by atoms with Crippen molar-refractivity contribution >= 4 is 6.03 Å². The predicted octanol–water partition coefficient (Wildman–Crippen LogP) is 2.68. The number of H-pyrrole nitrogens is 1. The summed E-state index contributed by atoms with van der Waals surface area (Å²) < 4.78 is 42.8. The van der Waals surface area contributed by atoms with Crippen LogP contribution in [-0.2, 0) is 12.6 Å². The minimum absolute atomic E-state index is 0.0589. The van der Waals surface area contributed by atoms with E-state index in [2.05, 4.69) is 20.2 Å². The molecule has 5 rings (SSSR count).